The number of nitrogens with zero attached hydrogens (tertiary/aromatic N) is 2. The van der Waals surface area contributed by atoms with Crippen LogP contribution < -0.4 is 5.32 Å². The van der Waals surface area contributed by atoms with Crippen LogP contribution in [0.15, 0.2) is 42.3 Å². The molecule has 1 amide bonds. The third kappa shape index (κ3) is 7.29. The number of fused-ring (bicyclic) bond motifs is 1. The Morgan fingerprint density at radius 1 is 1.33 bits per heavy atom. The number of aliphatic hydroxyl groups is 2. The van der Waals surface area contributed by atoms with E-state index in [4.69, 9.17) is 4.74 Å². The molecule has 8 nitrogen and oxygen atoms in total. The summed E-state index contributed by atoms with van der Waals surface area (Å²) >= 11 is 0. The molecule has 3 rings (SSSR count). The molecule has 0 aromatic carbocycles. The van der Waals surface area contributed by atoms with Crippen molar-refractivity contribution in [2.45, 2.75) is 91.5 Å². The third-order valence-corrected chi connectivity index (χ3v) is 8.01. The molecule has 0 aliphatic heterocycles. The van der Waals surface area contributed by atoms with Crippen LogP contribution in [0.5, 0.6) is 0 Å². The van der Waals surface area contributed by atoms with Gasteiger partial charge < -0.3 is 20.3 Å². The number of aromatic amines is 1. The summed E-state index contributed by atoms with van der Waals surface area (Å²) in [6.07, 6.45) is 10.0. The van der Waals surface area contributed by atoms with Gasteiger partial charge in [0.05, 0.1) is 30.6 Å². The van der Waals surface area contributed by atoms with Crippen LogP contribution in [0.3, 0.4) is 0 Å². The predicted molar refractivity (Wildman–Crippen MR) is 141 cm³/mol. The molecule has 36 heavy (non-hydrogen) atoms. The largest absolute Gasteiger partial charge is 0.494 e. The number of anilines is 1. The zero-order valence-electron chi connectivity index (χ0n) is 22.4. The molecule has 0 spiro atoms. The lowest BCUT2D eigenvalue weighted by atomic mass is 9.65. The van der Waals surface area contributed by atoms with Crippen LogP contribution in [0.2, 0.25) is 0 Å². The Kier molecular flexibility index (Phi) is 9.53. The molecule has 0 fully saturated rings. The monoisotopic (exact) mass is 500 g/mol. The van der Waals surface area contributed by atoms with Crippen LogP contribution in [0.4, 0.5) is 5.82 Å². The summed E-state index contributed by atoms with van der Waals surface area (Å²) in [6.45, 7) is 15.3. The van der Waals surface area contributed by atoms with Gasteiger partial charge in [0, 0.05) is 11.3 Å². The molecule has 4 N–H and O–H groups in total. The number of carbonyl (C=O) groups excluding carboxylic acids is 1. The van der Waals surface area contributed by atoms with Crippen LogP contribution in [0.25, 0.3) is 0 Å². The highest BCUT2D eigenvalue weighted by atomic mass is 16.5. The first-order chi connectivity index (χ1) is 17.0. The predicted octanol–water partition coefficient (Wildman–Crippen LogP) is 4.77. The minimum absolute atomic E-state index is 0.0543. The van der Waals surface area contributed by atoms with E-state index in [1.54, 1.807) is 0 Å². The van der Waals surface area contributed by atoms with Gasteiger partial charge in [0.25, 0.3) is 0 Å². The fourth-order valence-electron chi connectivity index (χ4n) is 5.33. The zero-order valence-corrected chi connectivity index (χ0v) is 22.4. The molecule has 200 valence electrons. The lowest BCUT2D eigenvalue weighted by molar-refractivity contribution is -0.118. The van der Waals surface area contributed by atoms with Crippen molar-refractivity contribution in [1.82, 2.24) is 15.4 Å². The fourth-order valence-corrected chi connectivity index (χ4v) is 5.33. The standard InChI is InChI=1S/C28H44N4O4/c1-7-28(5,6)19(4)36-24-13-17(2)12-20-9-8-18(3)23(27(20)24)11-10-21(33)14-22(34)15-26(35)30-25-16-29-32-31-25/h8-9,12,16-18,21-24,27,33-34H,4,7,10-11,13-15H2,1-3,5-6H3,(H2,29,30,31,32,35)/t17-,18-,21+,22+,23-,24-,27?/m0/s1. The number of nitrogens with one attached hydrogen (secondary N) is 2. The quantitative estimate of drug-likeness (QED) is 0.307. The van der Waals surface area contributed by atoms with Gasteiger partial charge in [0.2, 0.25) is 5.91 Å². The second-order valence-corrected chi connectivity index (χ2v) is 11.3. The molecule has 0 saturated carbocycles. The minimum Gasteiger partial charge on any atom is -0.494 e. The molecule has 2 aliphatic rings. The summed E-state index contributed by atoms with van der Waals surface area (Å²) in [5.41, 5.74) is 1.24. The Morgan fingerprint density at radius 3 is 2.75 bits per heavy atom. The van der Waals surface area contributed by atoms with E-state index in [1.165, 1.54) is 11.8 Å². The minimum atomic E-state index is -0.933. The smallest absolute Gasteiger partial charge is 0.228 e. The molecule has 0 radical (unpaired) electrons. The van der Waals surface area contributed by atoms with Crippen molar-refractivity contribution < 1.29 is 19.7 Å². The summed E-state index contributed by atoms with van der Waals surface area (Å²) in [6, 6.07) is 0. The van der Waals surface area contributed by atoms with E-state index in [2.05, 4.69) is 80.2 Å². The van der Waals surface area contributed by atoms with Crippen molar-refractivity contribution in [2.75, 3.05) is 5.32 Å². The normalized spacial score (nSPS) is 27.5. The molecule has 8 heteroatoms. The second-order valence-electron chi connectivity index (χ2n) is 11.3. The van der Waals surface area contributed by atoms with Gasteiger partial charge in [0.15, 0.2) is 5.82 Å². The molecule has 0 bridgehead atoms. The van der Waals surface area contributed by atoms with E-state index in [-0.39, 0.29) is 36.2 Å². The summed E-state index contributed by atoms with van der Waals surface area (Å²) in [7, 11) is 0. The number of allylic oxidation sites excluding steroid dienone is 4. The van der Waals surface area contributed by atoms with Gasteiger partial charge >= 0.3 is 0 Å². The van der Waals surface area contributed by atoms with Gasteiger partial charge in [-0.05, 0) is 55.4 Å². The molecule has 2 aliphatic carbocycles. The van der Waals surface area contributed by atoms with E-state index in [9.17, 15) is 15.0 Å². The molecule has 1 aromatic rings. The van der Waals surface area contributed by atoms with Crippen molar-refractivity contribution in [1.29, 1.82) is 0 Å². The average molecular weight is 501 g/mol. The van der Waals surface area contributed by atoms with Crippen LogP contribution in [-0.4, -0.2) is 49.8 Å². The maximum atomic E-state index is 12.1. The van der Waals surface area contributed by atoms with Crippen molar-refractivity contribution in [3.05, 3.63) is 42.3 Å². The van der Waals surface area contributed by atoms with Gasteiger partial charge in [-0.1, -0.05) is 59.4 Å². The summed E-state index contributed by atoms with van der Waals surface area (Å²) in [5.74, 6) is 2.13. The Morgan fingerprint density at radius 2 is 2.08 bits per heavy atom. The molecular weight excluding hydrogens is 456 g/mol. The molecule has 7 atom stereocenters. The Hall–Kier alpha value is -2.45. The van der Waals surface area contributed by atoms with Gasteiger partial charge in [0.1, 0.15) is 6.10 Å². The number of carbonyl (C=O) groups is 1. The van der Waals surface area contributed by atoms with Crippen LogP contribution in [0.1, 0.15) is 73.1 Å². The van der Waals surface area contributed by atoms with Crippen molar-refractivity contribution >= 4 is 11.7 Å². The Labute approximate surface area is 215 Å². The number of hydrogen-bond acceptors (Lipinski definition) is 6. The molecule has 0 saturated heterocycles. The molecule has 1 aromatic heterocycles. The third-order valence-electron chi connectivity index (χ3n) is 8.01. The number of rotatable bonds is 12. The van der Waals surface area contributed by atoms with Gasteiger partial charge in [-0.25, -0.2) is 0 Å². The Bertz CT molecular complexity index is 939. The second kappa shape index (κ2) is 12.2. The highest BCUT2D eigenvalue weighted by Gasteiger charge is 2.41. The van der Waals surface area contributed by atoms with E-state index in [0.29, 0.717) is 30.0 Å². The van der Waals surface area contributed by atoms with E-state index in [1.807, 2.05) is 0 Å². The average Bonchev–Trinajstić information content (AvgIpc) is 3.31. The van der Waals surface area contributed by atoms with Crippen molar-refractivity contribution in [3.8, 4) is 0 Å². The van der Waals surface area contributed by atoms with E-state index in [0.717, 1.165) is 25.0 Å². The Balaban J connectivity index is 1.60. The van der Waals surface area contributed by atoms with E-state index >= 15 is 0 Å². The van der Waals surface area contributed by atoms with Gasteiger partial charge in [-0.3, -0.25) is 4.79 Å². The number of amides is 1. The molecule has 1 heterocycles. The zero-order chi connectivity index (χ0) is 26.5. The maximum absolute atomic E-state index is 12.1. The van der Waals surface area contributed by atoms with Crippen LogP contribution >= 0.6 is 0 Å². The van der Waals surface area contributed by atoms with Crippen LogP contribution in [0, 0.1) is 29.1 Å². The summed E-state index contributed by atoms with van der Waals surface area (Å²) in [5, 5.41) is 33.4. The topological polar surface area (TPSA) is 120 Å². The van der Waals surface area contributed by atoms with Crippen molar-refractivity contribution in [3.63, 3.8) is 0 Å². The summed E-state index contributed by atoms with van der Waals surface area (Å²) < 4.78 is 6.60. The van der Waals surface area contributed by atoms with Crippen LogP contribution in [-0.2, 0) is 9.53 Å². The first-order valence-corrected chi connectivity index (χ1v) is 13.3. The number of H-pyrrole nitrogens is 1. The number of hydrogen-bond donors (Lipinski definition) is 4. The van der Waals surface area contributed by atoms with Gasteiger partial charge in [-0.15, -0.1) is 5.10 Å². The van der Waals surface area contributed by atoms with Gasteiger partial charge in [-0.2, -0.15) is 10.3 Å². The lowest BCUT2D eigenvalue weighted by Gasteiger charge is -2.45. The van der Waals surface area contributed by atoms with E-state index < -0.39 is 12.2 Å². The number of aliphatic hydroxyl groups excluding tert-OH is 2. The first-order valence-electron chi connectivity index (χ1n) is 13.3. The number of ether oxygens (including phenoxy) is 1. The summed E-state index contributed by atoms with van der Waals surface area (Å²) in [4.78, 5) is 12.1. The highest BCUT2D eigenvalue weighted by molar-refractivity contribution is 5.89. The fraction of sp³-hybridized carbons (Fsp3) is 0.679. The van der Waals surface area contributed by atoms with Crippen molar-refractivity contribution in [2.24, 2.45) is 29.1 Å². The molecular formula is C28H44N4O4. The molecule has 1 unspecified atom stereocenters. The number of aromatic nitrogens is 3. The highest BCUT2D eigenvalue weighted by Crippen LogP contribution is 2.46. The SMILES string of the molecule is C=C(O[C@H]1C[C@@H](C)C=C2C=C[C@H](C)[C@H](CC[C@@H](O)C[C@@H](O)CC(=O)Nc3cn[nH]n3)C21)C(C)(C)CC. The lowest BCUT2D eigenvalue weighted by Crippen LogP contribution is -2.41. The first kappa shape index (κ1) is 28.1. The maximum Gasteiger partial charge on any atom is 0.228 e.